The zero-order chi connectivity index (χ0) is 21.2. The van der Waals surface area contributed by atoms with E-state index >= 15 is 0 Å². The summed E-state index contributed by atoms with van der Waals surface area (Å²) >= 11 is 0. The van der Waals surface area contributed by atoms with E-state index < -0.39 is 5.91 Å². The first-order chi connectivity index (χ1) is 13.9. The van der Waals surface area contributed by atoms with Gasteiger partial charge in [0.15, 0.2) is 6.61 Å². The van der Waals surface area contributed by atoms with Gasteiger partial charge in [-0.3, -0.25) is 14.4 Å². The summed E-state index contributed by atoms with van der Waals surface area (Å²) in [6.07, 6.45) is 7.50. The highest BCUT2D eigenvalue weighted by Gasteiger charge is 2.27. The molecule has 29 heavy (non-hydrogen) atoms. The molecule has 0 aliphatic heterocycles. The standard InChI is InChI=1S/C23H34N2O4/c1-4-5-9-18-10-12-19(13-11-18)23(28)29-15-21(27)24-14-20(26)25-22-16(2)7-6-8-17(22)3/h6-8,18-19H,4-5,9-15H2,1-3H3,(H,24,27)(H,25,26). The predicted molar refractivity (Wildman–Crippen MR) is 113 cm³/mol. The number of ether oxygens (including phenoxy) is 1. The summed E-state index contributed by atoms with van der Waals surface area (Å²) in [5.74, 6) is -0.459. The van der Waals surface area contributed by atoms with Crippen LogP contribution in [0.2, 0.25) is 0 Å². The molecule has 0 atom stereocenters. The number of hydrogen-bond donors (Lipinski definition) is 2. The van der Waals surface area contributed by atoms with Gasteiger partial charge in [-0.15, -0.1) is 0 Å². The Balaban J connectivity index is 1.65. The van der Waals surface area contributed by atoms with Gasteiger partial charge in [-0.2, -0.15) is 0 Å². The van der Waals surface area contributed by atoms with Crippen molar-refractivity contribution in [1.29, 1.82) is 0 Å². The Hall–Kier alpha value is -2.37. The van der Waals surface area contributed by atoms with Crippen molar-refractivity contribution in [3.8, 4) is 0 Å². The van der Waals surface area contributed by atoms with Crippen LogP contribution in [-0.4, -0.2) is 30.9 Å². The molecular weight excluding hydrogens is 368 g/mol. The molecule has 0 heterocycles. The first kappa shape index (κ1) is 22.9. The molecule has 0 spiro atoms. The van der Waals surface area contributed by atoms with Crippen LogP contribution < -0.4 is 10.6 Å². The zero-order valence-electron chi connectivity index (χ0n) is 17.9. The van der Waals surface area contributed by atoms with Crippen molar-refractivity contribution in [2.75, 3.05) is 18.5 Å². The van der Waals surface area contributed by atoms with Gasteiger partial charge in [0.25, 0.3) is 5.91 Å². The fraction of sp³-hybridized carbons (Fsp3) is 0.609. The maximum absolute atomic E-state index is 12.2. The lowest BCUT2D eigenvalue weighted by molar-refractivity contribution is -0.153. The summed E-state index contributed by atoms with van der Waals surface area (Å²) in [7, 11) is 0. The van der Waals surface area contributed by atoms with E-state index in [0.717, 1.165) is 48.4 Å². The number of esters is 1. The highest BCUT2D eigenvalue weighted by molar-refractivity contribution is 5.96. The van der Waals surface area contributed by atoms with E-state index in [9.17, 15) is 14.4 Å². The molecule has 2 rings (SSSR count). The lowest BCUT2D eigenvalue weighted by Gasteiger charge is -2.27. The van der Waals surface area contributed by atoms with Gasteiger partial charge in [0.2, 0.25) is 5.91 Å². The number of hydrogen-bond acceptors (Lipinski definition) is 4. The molecule has 0 bridgehead atoms. The molecule has 2 amide bonds. The third kappa shape index (κ3) is 7.52. The lowest BCUT2D eigenvalue weighted by atomic mass is 9.80. The Morgan fingerprint density at radius 2 is 1.69 bits per heavy atom. The van der Waals surface area contributed by atoms with Crippen molar-refractivity contribution in [3.05, 3.63) is 29.3 Å². The van der Waals surface area contributed by atoms with Crippen molar-refractivity contribution in [2.45, 2.75) is 65.7 Å². The molecular formula is C23H34N2O4. The van der Waals surface area contributed by atoms with Crippen molar-refractivity contribution < 1.29 is 19.1 Å². The van der Waals surface area contributed by atoms with E-state index in [2.05, 4.69) is 17.6 Å². The van der Waals surface area contributed by atoms with Gasteiger partial charge < -0.3 is 15.4 Å². The number of para-hydroxylation sites is 1. The first-order valence-corrected chi connectivity index (χ1v) is 10.7. The van der Waals surface area contributed by atoms with Crippen LogP contribution in [0.5, 0.6) is 0 Å². The van der Waals surface area contributed by atoms with E-state index in [1.54, 1.807) is 0 Å². The van der Waals surface area contributed by atoms with E-state index in [0.29, 0.717) is 0 Å². The molecule has 1 fully saturated rings. The number of aryl methyl sites for hydroxylation is 2. The second-order valence-corrected chi connectivity index (χ2v) is 8.06. The molecule has 2 N–H and O–H groups in total. The number of carbonyl (C=O) groups is 3. The highest BCUT2D eigenvalue weighted by Crippen LogP contribution is 2.32. The van der Waals surface area contributed by atoms with Gasteiger partial charge in [-0.25, -0.2) is 0 Å². The Bertz CT molecular complexity index is 689. The summed E-state index contributed by atoms with van der Waals surface area (Å²) in [6, 6.07) is 5.75. The molecule has 6 heteroatoms. The van der Waals surface area contributed by atoms with Gasteiger partial charge in [0.1, 0.15) is 0 Å². The third-order valence-corrected chi connectivity index (χ3v) is 5.68. The molecule has 0 radical (unpaired) electrons. The summed E-state index contributed by atoms with van der Waals surface area (Å²) in [5.41, 5.74) is 2.68. The SMILES string of the molecule is CCCCC1CCC(C(=O)OCC(=O)NCC(=O)Nc2c(C)cccc2C)CC1. The van der Waals surface area contributed by atoms with Crippen LogP contribution in [0.3, 0.4) is 0 Å². The average molecular weight is 403 g/mol. The summed E-state index contributed by atoms with van der Waals surface area (Å²) in [6.45, 7) is 5.52. The quantitative estimate of drug-likeness (QED) is 0.614. The number of nitrogens with one attached hydrogen (secondary N) is 2. The predicted octanol–water partition coefficient (Wildman–Crippen LogP) is 3.90. The maximum atomic E-state index is 12.2. The fourth-order valence-electron chi connectivity index (χ4n) is 3.86. The highest BCUT2D eigenvalue weighted by atomic mass is 16.5. The number of benzene rings is 1. The molecule has 1 aliphatic carbocycles. The molecule has 1 aliphatic rings. The number of anilines is 1. The smallest absolute Gasteiger partial charge is 0.309 e. The number of amides is 2. The van der Waals surface area contributed by atoms with E-state index in [4.69, 9.17) is 4.74 Å². The topological polar surface area (TPSA) is 84.5 Å². The van der Waals surface area contributed by atoms with Crippen LogP contribution in [0.25, 0.3) is 0 Å². The van der Waals surface area contributed by atoms with Crippen LogP contribution >= 0.6 is 0 Å². The van der Waals surface area contributed by atoms with Gasteiger partial charge >= 0.3 is 5.97 Å². The summed E-state index contributed by atoms with van der Waals surface area (Å²) < 4.78 is 5.17. The maximum Gasteiger partial charge on any atom is 0.309 e. The molecule has 160 valence electrons. The Kier molecular flexibility index (Phi) is 9.16. The second-order valence-electron chi connectivity index (χ2n) is 8.06. The third-order valence-electron chi connectivity index (χ3n) is 5.68. The van der Waals surface area contributed by atoms with E-state index in [1.165, 1.54) is 19.3 Å². The minimum Gasteiger partial charge on any atom is -0.455 e. The van der Waals surface area contributed by atoms with Crippen LogP contribution in [0.1, 0.15) is 63.0 Å². The van der Waals surface area contributed by atoms with Crippen LogP contribution in [-0.2, 0) is 19.1 Å². The van der Waals surface area contributed by atoms with Crippen molar-refractivity contribution >= 4 is 23.5 Å². The van der Waals surface area contributed by atoms with Crippen LogP contribution in [0.4, 0.5) is 5.69 Å². The molecule has 0 aromatic heterocycles. The Morgan fingerprint density at radius 1 is 1.03 bits per heavy atom. The van der Waals surface area contributed by atoms with E-state index in [-0.39, 0.29) is 30.9 Å². The number of carbonyl (C=O) groups excluding carboxylic acids is 3. The van der Waals surface area contributed by atoms with Gasteiger partial charge in [0.05, 0.1) is 12.5 Å². The Labute approximate surface area is 173 Å². The summed E-state index contributed by atoms with van der Waals surface area (Å²) in [5, 5.41) is 5.31. The molecule has 1 aromatic rings. The minimum absolute atomic E-state index is 0.104. The Morgan fingerprint density at radius 3 is 2.31 bits per heavy atom. The average Bonchev–Trinajstić information content (AvgIpc) is 2.72. The van der Waals surface area contributed by atoms with Gasteiger partial charge in [-0.1, -0.05) is 44.4 Å². The van der Waals surface area contributed by atoms with Crippen LogP contribution in [0, 0.1) is 25.7 Å². The number of rotatable bonds is 9. The molecule has 0 unspecified atom stereocenters. The summed E-state index contributed by atoms with van der Waals surface area (Å²) in [4.78, 5) is 36.2. The normalized spacial score (nSPS) is 18.7. The zero-order valence-corrected chi connectivity index (χ0v) is 17.9. The van der Waals surface area contributed by atoms with E-state index in [1.807, 2.05) is 32.0 Å². The second kappa shape index (κ2) is 11.6. The monoisotopic (exact) mass is 402 g/mol. The van der Waals surface area contributed by atoms with Gasteiger partial charge in [-0.05, 0) is 56.6 Å². The van der Waals surface area contributed by atoms with Crippen LogP contribution in [0.15, 0.2) is 18.2 Å². The number of unbranched alkanes of at least 4 members (excludes halogenated alkanes) is 1. The van der Waals surface area contributed by atoms with Crippen molar-refractivity contribution in [2.24, 2.45) is 11.8 Å². The molecule has 0 saturated heterocycles. The van der Waals surface area contributed by atoms with Crippen molar-refractivity contribution in [1.82, 2.24) is 5.32 Å². The first-order valence-electron chi connectivity index (χ1n) is 10.7. The fourth-order valence-corrected chi connectivity index (χ4v) is 3.86. The lowest BCUT2D eigenvalue weighted by Crippen LogP contribution is -2.36. The van der Waals surface area contributed by atoms with Crippen molar-refractivity contribution in [3.63, 3.8) is 0 Å². The minimum atomic E-state index is -0.466. The van der Waals surface area contributed by atoms with Gasteiger partial charge in [0, 0.05) is 5.69 Å². The molecule has 1 saturated carbocycles. The molecule has 6 nitrogen and oxygen atoms in total. The molecule has 1 aromatic carbocycles. The largest absolute Gasteiger partial charge is 0.455 e.